The number of phenols is 1. The lowest BCUT2D eigenvalue weighted by Crippen LogP contribution is -2.24. The van der Waals surface area contributed by atoms with Crippen LogP contribution in [-0.2, 0) is 9.84 Å². The van der Waals surface area contributed by atoms with E-state index in [0.717, 1.165) is 11.6 Å². The van der Waals surface area contributed by atoms with Gasteiger partial charge >= 0.3 is 11.5 Å². The van der Waals surface area contributed by atoms with Gasteiger partial charge in [-0.25, -0.2) is 13.2 Å². The fourth-order valence-corrected chi connectivity index (χ4v) is 2.63. The number of aromatic hydroxyl groups is 1. The van der Waals surface area contributed by atoms with Gasteiger partial charge in [-0.3, -0.25) is 0 Å². The molecule has 2 aromatic carbocycles. The quantitative estimate of drug-likeness (QED) is 0.682. The first kappa shape index (κ1) is 21.3. The summed E-state index contributed by atoms with van der Waals surface area (Å²) in [5, 5.41) is 14.1. The van der Waals surface area contributed by atoms with E-state index in [9.17, 15) is 31.5 Å². The molecular formula is C16H17F3N2O4S. The summed E-state index contributed by atoms with van der Waals surface area (Å²) in [6.45, 7) is 1.84. The first-order chi connectivity index (χ1) is 11.5. The van der Waals surface area contributed by atoms with Crippen molar-refractivity contribution in [3.63, 3.8) is 0 Å². The maximum atomic E-state index is 12.6. The average molecular weight is 390 g/mol. The minimum Gasteiger partial charge on any atom is -0.506 e. The molecule has 0 unspecified atom stereocenters. The van der Waals surface area contributed by atoms with Gasteiger partial charge < -0.3 is 15.7 Å². The molecule has 0 radical (unpaired) electrons. The molecule has 26 heavy (non-hydrogen) atoms. The Morgan fingerprint density at radius 1 is 1.04 bits per heavy atom. The number of hydrogen-bond acceptors (Lipinski definition) is 4. The number of rotatable bonds is 3. The predicted molar refractivity (Wildman–Crippen MR) is 91.9 cm³/mol. The van der Waals surface area contributed by atoms with E-state index in [1.165, 1.54) is 0 Å². The summed E-state index contributed by atoms with van der Waals surface area (Å²) in [6, 6.07) is 7.67. The Morgan fingerprint density at radius 3 is 2.15 bits per heavy atom. The van der Waals surface area contributed by atoms with E-state index in [2.05, 4.69) is 10.6 Å². The summed E-state index contributed by atoms with van der Waals surface area (Å²) >= 11 is 0. The molecule has 2 rings (SSSR count). The Balaban J connectivity index is 0.00000338. The van der Waals surface area contributed by atoms with E-state index in [4.69, 9.17) is 0 Å². The molecule has 3 N–H and O–H groups in total. The molecule has 0 heterocycles. The molecule has 0 spiro atoms. The van der Waals surface area contributed by atoms with Crippen molar-refractivity contribution in [1.29, 1.82) is 0 Å². The lowest BCUT2D eigenvalue weighted by Gasteiger charge is -2.12. The van der Waals surface area contributed by atoms with E-state index in [1.807, 2.05) is 6.92 Å². The maximum Gasteiger partial charge on any atom is 0.501 e. The summed E-state index contributed by atoms with van der Waals surface area (Å²) in [7, 11) is -5.60. The molecule has 2 amide bonds. The molecule has 0 atom stereocenters. The van der Waals surface area contributed by atoms with Gasteiger partial charge in [-0.15, -0.1) is 0 Å². The minimum absolute atomic E-state index is 0. The smallest absolute Gasteiger partial charge is 0.501 e. The number of carbonyl (C=O) groups excluding carboxylic acids is 1. The number of phenolic OH excluding ortho intramolecular Hbond substituents is 1. The highest BCUT2D eigenvalue weighted by Crippen LogP contribution is 2.34. The molecular weight excluding hydrogens is 373 g/mol. The molecule has 0 bridgehead atoms. The third-order valence-electron chi connectivity index (χ3n) is 3.14. The first-order valence-corrected chi connectivity index (χ1v) is 8.28. The Labute approximate surface area is 148 Å². The molecule has 0 aromatic heterocycles. The van der Waals surface area contributed by atoms with Crippen LogP contribution in [-0.4, -0.2) is 25.1 Å². The van der Waals surface area contributed by atoms with E-state index in [1.54, 1.807) is 24.3 Å². The highest BCUT2D eigenvalue weighted by molar-refractivity contribution is 7.92. The van der Waals surface area contributed by atoms with Crippen LogP contribution < -0.4 is 10.6 Å². The summed E-state index contributed by atoms with van der Waals surface area (Å²) in [4.78, 5) is 10.8. The number of benzene rings is 2. The zero-order chi connectivity index (χ0) is 18.8. The van der Waals surface area contributed by atoms with Crippen molar-refractivity contribution < 1.29 is 31.5 Å². The Bertz CT molecular complexity index is 895. The zero-order valence-corrected chi connectivity index (χ0v) is 13.6. The summed E-state index contributed by atoms with van der Waals surface area (Å²) < 4.78 is 60.5. The van der Waals surface area contributed by atoms with Crippen molar-refractivity contribution in [1.82, 2.24) is 0 Å². The third-order valence-corrected chi connectivity index (χ3v) is 4.62. The van der Waals surface area contributed by atoms with Crippen molar-refractivity contribution in [3.05, 3.63) is 48.0 Å². The van der Waals surface area contributed by atoms with Crippen LogP contribution in [0.25, 0.3) is 0 Å². The lowest BCUT2D eigenvalue weighted by atomic mass is 10.2. The number of sulfone groups is 1. The van der Waals surface area contributed by atoms with E-state index >= 15 is 0 Å². The van der Waals surface area contributed by atoms with Crippen LogP contribution >= 0.6 is 0 Å². The lowest BCUT2D eigenvalue weighted by molar-refractivity contribution is -0.0436. The Hall–Kier alpha value is -2.75. The van der Waals surface area contributed by atoms with E-state index < -0.39 is 37.7 Å². The second-order valence-corrected chi connectivity index (χ2v) is 7.01. The van der Waals surface area contributed by atoms with Crippen molar-refractivity contribution >= 4 is 27.2 Å². The normalized spacial score (nSPS) is 11.4. The number of carbonyl (C=O) groups is 1. The second-order valence-electron chi connectivity index (χ2n) is 5.07. The number of alkyl halides is 3. The molecule has 142 valence electrons. The third kappa shape index (κ3) is 4.66. The Kier molecular flexibility index (Phi) is 6.26. The number of halogens is 3. The Morgan fingerprint density at radius 2 is 1.62 bits per heavy atom. The monoisotopic (exact) mass is 390 g/mol. The molecule has 2 aromatic rings. The molecule has 0 aliphatic heterocycles. The van der Waals surface area contributed by atoms with Crippen LogP contribution in [0.5, 0.6) is 5.75 Å². The number of aryl methyl sites for hydroxylation is 1. The number of nitrogens with one attached hydrogen (secondary N) is 2. The molecule has 0 saturated heterocycles. The van der Waals surface area contributed by atoms with Crippen LogP contribution in [0.4, 0.5) is 29.3 Å². The molecule has 6 nitrogen and oxygen atoms in total. The van der Waals surface area contributed by atoms with Gasteiger partial charge in [-0.2, -0.15) is 13.2 Å². The predicted octanol–water partition coefficient (Wildman–Crippen LogP) is 4.27. The van der Waals surface area contributed by atoms with Crippen molar-refractivity contribution in [2.45, 2.75) is 24.8 Å². The molecule has 0 aliphatic carbocycles. The van der Waals surface area contributed by atoms with Crippen molar-refractivity contribution in [2.75, 3.05) is 10.6 Å². The van der Waals surface area contributed by atoms with Gasteiger partial charge in [0.1, 0.15) is 5.75 Å². The van der Waals surface area contributed by atoms with Crippen LogP contribution in [0.1, 0.15) is 13.0 Å². The van der Waals surface area contributed by atoms with Crippen LogP contribution in [0, 0.1) is 6.92 Å². The standard InChI is InChI=1S/C15H13F3N2O4S.CH4/c1-9-2-4-10(5-3-9)19-14(22)20-12-8-11(6-7-13(12)21)25(23,24)15(16,17)18;/h2-8,21H,1H3,(H2,19,20,22);1H4. The fraction of sp³-hybridized carbons (Fsp3) is 0.188. The topological polar surface area (TPSA) is 95.5 Å². The SMILES string of the molecule is C.Cc1ccc(NC(=O)Nc2cc(S(=O)(=O)C(F)(F)F)ccc2O)cc1. The van der Waals surface area contributed by atoms with Gasteiger partial charge in [0.05, 0.1) is 10.6 Å². The summed E-state index contributed by atoms with van der Waals surface area (Å²) in [5.74, 6) is -0.583. The fourth-order valence-electron chi connectivity index (χ4n) is 1.84. The second kappa shape index (κ2) is 7.65. The largest absolute Gasteiger partial charge is 0.506 e. The molecule has 0 fully saturated rings. The van der Waals surface area contributed by atoms with Crippen molar-refractivity contribution in [2.24, 2.45) is 0 Å². The van der Waals surface area contributed by atoms with Gasteiger partial charge in [-0.05, 0) is 37.3 Å². The van der Waals surface area contributed by atoms with Crippen LogP contribution in [0.3, 0.4) is 0 Å². The van der Waals surface area contributed by atoms with E-state index in [-0.39, 0.29) is 7.43 Å². The highest BCUT2D eigenvalue weighted by atomic mass is 32.2. The highest BCUT2D eigenvalue weighted by Gasteiger charge is 2.47. The summed E-state index contributed by atoms with van der Waals surface area (Å²) in [5.41, 5.74) is -4.61. The van der Waals surface area contributed by atoms with Crippen LogP contribution in [0.2, 0.25) is 0 Å². The number of amides is 2. The van der Waals surface area contributed by atoms with Gasteiger partial charge in [0.2, 0.25) is 0 Å². The van der Waals surface area contributed by atoms with Gasteiger partial charge in [0.15, 0.2) is 0 Å². The first-order valence-electron chi connectivity index (χ1n) is 6.80. The molecule has 0 aliphatic rings. The minimum atomic E-state index is -5.60. The zero-order valence-electron chi connectivity index (χ0n) is 12.8. The van der Waals surface area contributed by atoms with Crippen LogP contribution in [0.15, 0.2) is 47.4 Å². The number of hydrogen-bond donors (Lipinski definition) is 3. The van der Waals surface area contributed by atoms with Gasteiger partial charge in [0, 0.05) is 5.69 Å². The number of urea groups is 1. The van der Waals surface area contributed by atoms with Gasteiger partial charge in [-0.1, -0.05) is 25.1 Å². The number of anilines is 2. The van der Waals surface area contributed by atoms with Gasteiger partial charge in [0.25, 0.3) is 9.84 Å². The van der Waals surface area contributed by atoms with Crippen molar-refractivity contribution in [3.8, 4) is 5.75 Å². The summed E-state index contributed by atoms with van der Waals surface area (Å²) in [6.07, 6.45) is 0. The van der Waals surface area contributed by atoms with E-state index in [0.29, 0.717) is 17.8 Å². The molecule has 0 saturated carbocycles. The maximum absolute atomic E-state index is 12.6. The molecule has 10 heteroatoms. The average Bonchev–Trinajstić information content (AvgIpc) is 2.50.